The summed E-state index contributed by atoms with van der Waals surface area (Å²) in [5.41, 5.74) is 7.06. The Morgan fingerprint density at radius 3 is 2.90 bits per heavy atom. The first kappa shape index (κ1) is 16.2. The van der Waals surface area contributed by atoms with Crippen LogP contribution < -0.4 is 11.1 Å². The molecule has 0 saturated carbocycles. The Morgan fingerprint density at radius 1 is 1.35 bits per heavy atom. The van der Waals surface area contributed by atoms with Crippen LogP contribution in [0.5, 0.6) is 0 Å². The highest BCUT2D eigenvalue weighted by molar-refractivity contribution is 5.93. The normalized spacial score (nSPS) is 10.1. The first-order valence-electron chi connectivity index (χ1n) is 6.51. The molecule has 0 spiro atoms. The lowest BCUT2D eigenvalue weighted by atomic mass is 10.2. The number of amides is 1. The standard InChI is InChI=1S/C14H18N4O.ClH/c1-2-3-4-5-13(19)17-11-6-7-12-10(8-11)9-16-14(15)18-12;/h6-9H,2-5H2,1H3,(H,17,19)(H2,15,16,18);1H. The molecule has 0 saturated heterocycles. The Hall–Kier alpha value is -1.88. The molecule has 20 heavy (non-hydrogen) atoms. The number of carbonyl (C=O) groups is 1. The fraction of sp³-hybridized carbons (Fsp3) is 0.357. The maximum Gasteiger partial charge on any atom is 0.224 e. The molecular formula is C14H19ClN4O. The SMILES string of the molecule is CCCCCC(=O)Nc1ccc2nc(N)ncc2c1.Cl. The number of hydrogen-bond donors (Lipinski definition) is 2. The number of nitrogens with one attached hydrogen (secondary N) is 1. The summed E-state index contributed by atoms with van der Waals surface area (Å²) < 4.78 is 0. The summed E-state index contributed by atoms with van der Waals surface area (Å²) in [6, 6.07) is 5.51. The highest BCUT2D eigenvalue weighted by Crippen LogP contribution is 2.17. The van der Waals surface area contributed by atoms with Gasteiger partial charge in [-0.15, -0.1) is 12.4 Å². The average molecular weight is 295 g/mol. The van der Waals surface area contributed by atoms with Gasteiger partial charge in [0.25, 0.3) is 0 Å². The molecule has 3 N–H and O–H groups in total. The molecule has 1 heterocycles. The predicted octanol–water partition coefficient (Wildman–Crippen LogP) is 3.15. The van der Waals surface area contributed by atoms with E-state index in [1.54, 1.807) is 6.20 Å². The number of rotatable bonds is 5. The van der Waals surface area contributed by atoms with E-state index in [0.29, 0.717) is 6.42 Å². The monoisotopic (exact) mass is 294 g/mol. The van der Waals surface area contributed by atoms with Gasteiger partial charge in [-0.3, -0.25) is 4.79 Å². The minimum absolute atomic E-state index is 0. The Labute approximate surface area is 124 Å². The zero-order chi connectivity index (χ0) is 13.7. The maximum atomic E-state index is 11.7. The van der Waals surface area contributed by atoms with Gasteiger partial charge in [-0.2, -0.15) is 0 Å². The molecule has 1 amide bonds. The molecule has 2 aromatic rings. The molecule has 5 nitrogen and oxygen atoms in total. The topological polar surface area (TPSA) is 80.9 Å². The van der Waals surface area contributed by atoms with Crippen LogP contribution in [-0.2, 0) is 4.79 Å². The van der Waals surface area contributed by atoms with E-state index in [4.69, 9.17) is 5.73 Å². The molecule has 0 bridgehead atoms. The number of benzene rings is 1. The smallest absolute Gasteiger partial charge is 0.224 e. The zero-order valence-corrected chi connectivity index (χ0v) is 12.2. The highest BCUT2D eigenvalue weighted by atomic mass is 35.5. The van der Waals surface area contributed by atoms with Gasteiger partial charge >= 0.3 is 0 Å². The second kappa shape index (κ2) is 7.65. The number of hydrogen-bond acceptors (Lipinski definition) is 4. The van der Waals surface area contributed by atoms with Crippen LogP contribution in [0, 0.1) is 0 Å². The van der Waals surface area contributed by atoms with Crippen LogP contribution in [0.15, 0.2) is 24.4 Å². The van der Waals surface area contributed by atoms with Crippen molar-refractivity contribution in [1.29, 1.82) is 0 Å². The van der Waals surface area contributed by atoms with E-state index in [-0.39, 0.29) is 24.3 Å². The van der Waals surface area contributed by atoms with E-state index in [9.17, 15) is 4.79 Å². The van der Waals surface area contributed by atoms with Crippen molar-refractivity contribution in [3.05, 3.63) is 24.4 Å². The molecule has 0 atom stereocenters. The van der Waals surface area contributed by atoms with Crippen LogP contribution in [0.1, 0.15) is 32.6 Å². The van der Waals surface area contributed by atoms with Gasteiger partial charge in [-0.05, 0) is 24.6 Å². The van der Waals surface area contributed by atoms with E-state index >= 15 is 0 Å². The fourth-order valence-corrected chi connectivity index (χ4v) is 1.88. The highest BCUT2D eigenvalue weighted by Gasteiger charge is 2.04. The molecule has 6 heteroatoms. The number of nitrogen functional groups attached to an aromatic ring is 1. The number of aromatic nitrogens is 2. The van der Waals surface area contributed by atoms with Crippen LogP contribution >= 0.6 is 12.4 Å². The summed E-state index contributed by atoms with van der Waals surface area (Å²) in [6.45, 7) is 2.12. The van der Waals surface area contributed by atoms with Gasteiger partial charge in [0.2, 0.25) is 11.9 Å². The van der Waals surface area contributed by atoms with Gasteiger partial charge in [0.15, 0.2) is 0 Å². The summed E-state index contributed by atoms with van der Waals surface area (Å²) in [4.78, 5) is 19.8. The van der Waals surface area contributed by atoms with Crippen molar-refractivity contribution in [3.63, 3.8) is 0 Å². The summed E-state index contributed by atoms with van der Waals surface area (Å²) in [5, 5.41) is 3.74. The van der Waals surface area contributed by atoms with Crippen LogP contribution in [0.25, 0.3) is 10.9 Å². The predicted molar refractivity (Wildman–Crippen MR) is 84.0 cm³/mol. The molecule has 108 valence electrons. The Morgan fingerprint density at radius 2 is 2.15 bits per heavy atom. The minimum Gasteiger partial charge on any atom is -0.368 e. The molecule has 2 rings (SSSR count). The minimum atomic E-state index is 0. The molecule has 1 aromatic carbocycles. The fourth-order valence-electron chi connectivity index (χ4n) is 1.88. The van der Waals surface area contributed by atoms with E-state index in [2.05, 4.69) is 22.2 Å². The van der Waals surface area contributed by atoms with Crippen LogP contribution in [0.4, 0.5) is 11.6 Å². The lowest BCUT2D eigenvalue weighted by Gasteiger charge is -2.06. The van der Waals surface area contributed by atoms with E-state index in [1.165, 1.54) is 0 Å². The summed E-state index contributed by atoms with van der Waals surface area (Å²) in [6.07, 6.45) is 5.34. The molecule has 1 aromatic heterocycles. The van der Waals surface area contributed by atoms with E-state index in [1.807, 2.05) is 18.2 Å². The Kier molecular flexibility index (Phi) is 6.18. The average Bonchev–Trinajstić information content (AvgIpc) is 2.39. The number of halogens is 1. The van der Waals surface area contributed by atoms with Crippen molar-refractivity contribution in [2.45, 2.75) is 32.6 Å². The number of nitrogens with two attached hydrogens (primary N) is 1. The molecule has 0 aliphatic heterocycles. The van der Waals surface area contributed by atoms with Crippen molar-refractivity contribution < 1.29 is 4.79 Å². The summed E-state index contributed by atoms with van der Waals surface area (Å²) in [5.74, 6) is 0.299. The Bertz CT molecular complexity index is 588. The van der Waals surface area contributed by atoms with Gasteiger partial charge in [0.05, 0.1) is 5.52 Å². The third-order valence-electron chi connectivity index (χ3n) is 2.89. The molecule has 0 aliphatic rings. The Balaban J connectivity index is 0.00000200. The van der Waals surface area contributed by atoms with Gasteiger partial charge in [0.1, 0.15) is 0 Å². The van der Waals surface area contributed by atoms with E-state index < -0.39 is 0 Å². The van der Waals surface area contributed by atoms with Gasteiger partial charge < -0.3 is 11.1 Å². The lowest BCUT2D eigenvalue weighted by Crippen LogP contribution is -2.11. The number of fused-ring (bicyclic) bond motifs is 1. The van der Waals surface area contributed by atoms with Crippen LogP contribution in [0.3, 0.4) is 0 Å². The molecular weight excluding hydrogens is 276 g/mol. The molecule has 0 radical (unpaired) electrons. The number of nitrogens with zero attached hydrogens (tertiary/aromatic N) is 2. The quantitative estimate of drug-likeness (QED) is 0.830. The number of anilines is 2. The lowest BCUT2D eigenvalue weighted by molar-refractivity contribution is -0.116. The van der Waals surface area contributed by atoms with Gasteiger partial charge in [0, 0.05) is 23.7 Å². The summed E-state index contributed by atoms with van der Waals surface area (Å²) in [7, 11) is 0. The zero-order valence-electron chi connectivity index (χ0n) is 11.4. The molecule has 0 aliphatic carbocycles. The molecule has 0 fully saturated rings. The first-order valence-corrected chi connectivity index (χ1v) is 6.51. The van der Waals surface area contributed by atoms with Crippen LogP contribution in [-0.4, -0.2) is 15.9 Å². The van der Waals surface area contributed by atoms with Crippen molar-refractivity contribution in [2.75, 3.05) is 11.1 Å². The van der Waals surface area contributed by atoms with Crippen molar-refractivity contribution >= 4 is 40.9 Å². The largest absolute Gasteiger partial charge is 0.368 e. The van der Waals surface area contributed by atoms with Crippen LogP contribution in [0.2, 0.25) is 0 Å². The summed E-state index contributed by atoms with van der Waals surface area (Å²) >= 11 is 0. The first-order chi connectivity index (χ1) is 9.19. The second-order valence-corrected chi connectivity index (χ2v) is 4.51. The third kappa shape index (κ3) is 4.35. The van der Waals surface area contributed by atoms with E-state index in [0.717, 1.165) is 35.9 Å². The third-order valence-corrected chi connectivity index (χ3v) is 2.89. The second-order valence-electron chi connectivity index (χ2n) is 4.51. The number of carbonyl (C=O) groups excluding carboxylic acids is 1. The number of unbranched alkanes of at least 4 members (excludes halogenated alkanes) is 2. The van der Waals surface area contributed by atoms with Gasteiger partial charge in [-0.1, -0.05) is 19.8 Å². The van der Waals surface area contributed by atoms with Crippen molar-refractivity contribution in [2.24, 2.45) is 0 Å². The van der Waals surface area contributed by atoms with Crippen molar-refractivity contribution in [1.82, 2.24) is 9.97 Å². The maximum absolute atomic E-state index is 11.7. The van der Waals surface area contributed by atoms with Gasteiger partial charge in [-0.25, -0.2) is 9.97 Å². The molecule has 0 unspecified atom stereocenters. The van der Waals surface area contributed by atoms with Crippen molar-refractivity contribution in [3.8, 4) is 0 Å².